The van der Waals surface area contributed by atoms with Crippen LogP contribution in [0.25, 0.3) is 0 Å². The molecule has 0 heterocycles. The number of aryl methyl sites for hydroxylation is 2. The van der Waals surface area contributed by atoms with E-state index in [1.165, 1.54) is 0 Å². The Morgan fingerprint density at radius 1 is 1.31 bits per heavy atom. The lowest BCUT2D eigenvalue weighted by Crippen LogP contribution is -3.00. The highest BCUT2D eigenvalue weighted by Gasteiger charge is 2.06. The number of hydrogen-bond acceptors (Lipinski definition) is 3. The zero-order valence-electron chi connectivity index (χ0n) is 9.53. The zero-order valence-corrected chi connectivity index (χ0v) is 10.3. The third-order valence-corrected chi connectivity index (χ3v) is 2.10. The highest BCUT2D eigenvalue weighted by atomic mass is 35.5. The summed E-state index contributed by atoms with van der Waals surface area (Å²) in [7, 11) is 0. The van der Waals surface area contributed by atoms with Gasteiger partial charge in [-0.1, -0.05) is 18.2 Å². The Labute approximate surface area is 102 Å². The zero-order chi connectivity index (χ0) is 10.6. The number of para-hydroxylation sites is 1. The molecule has 0 amide bonds. The normalized spacial score (nSPS) is 11.0. The highest BCUT2D eigenvalue weighted by Crippen LogP contribution is 2.22. The minimum Gasteiger partial charge on any atom is -1.00 e. The highest BCUT2D eigenvalue weighted by molar-refractivity contribution is 5.39. The van der Waals surface area contributed by atoms with Crippen LogP contribution in [0.3, 0.4) is 0 Å². The lowest BCUT2D eigenvalue weighted by Gasteiger charge is -2.14. The van der Waals surface area contributed by atoms with E-state index in [0.717, 1.165) is 16.9 Å². The van der Waals surface area contributed by atoms with E-state index < -0.39 is 6.10 Å². The topological polar surface area (TPSA) is 87.0 Å². The van der Waals surface area contributed by atoms with Gasteiger partial charge < -0.3 is 33.5 Å². The van der Waals surface area contributed by atoms with Crippen LogP contribution >= 0.6 is 0 Å². The third-order valence-electron chi connectivity index (χ3n) is 2.10. The Morgan fingerprint density at radius 2 is 1.81 bits per heavy atom. The van der Waals surface area contributed by atoms with Crippen molar-refractivity contribution in [3.05, 3.63) is 29.3 Å². The number of benzene rings is 1. The van der Waals surface area contributed by atoms with Crippen molar-refractivity contribution < 1.29 is 27.7 Å². The molecule has 0 bridgehead atoms. The molecule has 0 saturated carbocycles. The number of hydrogen-bond donors (Lipinski definition) is 2. The molecule has 0 aliphatic rings. The van der Waals surface area contributed by atoms with Gasteiger partial charge in [0.2, 0.25) is 0 Å². The maximum atomic E-state index is 9.25. The summed E-state index contributed by atoms with van der Waals surface area (Å²) in [6, 6.07) is 5.95. The van der Waals surface area contributed by atoms with Crippen molar-refractivity contribution in [1.82, 2.24) is 0 Å². The molecule has 0 aliphatic carbocycles. The van der Waals surface area contributed by atoms with Gasteiger partial charge >= 0.3 is 0 Å². The first kappa shape index (κ1) is 17.6. The maximum Gasteiger partial charge on any atom is 0.125 e. The molecule has 0 spiro atoms. The van der Waals surface area contributed by atoms with Crippen molar-refractivity contribution in [3.8, 4) is 5.75 Å². The van der Waals surface area contributed by atoms with Crippen LogP contribution in [-0.4, -0.2) is 29.8 Å². The molecular formula is C11H19ClNO3-. The minimum absolute atomic E-state index is 0. The van der Waals surface area contributed by atoms with E-state index in [0.29, 0.717) is 0 Å². The molecule has 4 nitrogen and oxygen atoms in total. The van der Waals surface area contributed by atoms with E-state index in [1.54, 1.807) is 0 Å². The third kappa shape index (κ3) is 4.81. The van der Waals surface area contributed by atoms with E-state index in [2.05, 4.69) is 0 Å². The lowest BCUT2D eigenvalue weighted by atomic mass is 10.1. The van der Waals surface area contributed by atoms with E-state index >= 15 is 0 Å². The van der Waals surface area contributed by atoms with Gasteiger partial charge in [0.25, 0.3) is 0 Å². The number of aliphatic hydroxyl groups excluding tert-OH is 1. The second-order valence-electron chi connectivity index (χ2n) is 3.42. The second kappa shape index (κ2) is 8.35. The molecule has 1 unspecified atom stereocenters. The summed E-state index contributed by atoms with van der Waals surface area (Å²) in [5, 5.41) is 9.25. The van der Waals surface area contributed by atoms with Crippen LogP contribution in [0.15, 0.2) is 18.2 Å². The summed E-state index contributed by atoms with van der Waals surface area (Å²) in [5.41, 5.74) is 7.44. The first-order valence-corrected chi connectivity index (χ1v) is 4.72. The molecule has 0 aliphatic heterocycles. The van der Waals surface area contributed by atoms with Gasteiger partial charge in [-0.3, -0.25) is 0 Å². The Kier molecular flexibility index (Phi) is 9.18. The maximum absolute atomic E-state index is 9.25. The Balaban J connectivity index is 0. The van der Waals surface area contributed by atoms with Gasteiger partial charge in [-0.2, -0.15) is 0 Å². The van der Waals surface area contributed by atoms with Crippen molar-refractivity contribution in [2.45, 2.75) is 20.0 Å². The predicted octanol–water partition coefficient (Wildman–Crippen LogP) is -2.82. The second-order valence-corrected chi connectivity index (χ2v) is 3.42. The largest absolute Gasteiger partial charge is 1.00 e. The number of rotatable bonds is 4. The molecule has 1 atom stereocenters. The minimum atomic E-state index is -0.589. The van der Waals surface area contributed by atoms with Crippen LogP contribution in [-0.2, 0) is 0 Å². The van der Waals surface area contributed by atoms with Crippen LogP contribution in [0, 0.1) is 13.8 Å². The molecule has 1 rings (SSSR count). The smallest absolute Gasteiger partial charge is 0.125 e. The van der Waals surface area contributed by atoms with Crippen molar-refractivity contribution >= 4 is 0 Å². The van der Waals surface area contributed by atoms with Crippen molar-refractivity contribution in [3.63, 3.8) is 0 Å². The SMILES string of the molecule is Cc1cccc(C)c1OCC(O)CN.O.[Cl-]. The molecule has 1 aromatic rings. The molecule has 5 N–H and O–H groups in total. The van der Waals surface area contributed by atoms with Crippen LogP contribution in [0.2, 0.25) is 0 Å². The van der Waals surface area contributed by atoms with Crippen LogP contribution in [0.1, 0.15) is 11.1 Å². The summed E-state index contributed by atoms with van der Waals surface area (Å²) in [6.07, 6.45) is -0.589. The standard InChI is InChI=1S/C11H17NO2.ClH.H2O/c1-8-4-3-5-9(2)11(8)14-7-10(13)6-12;;/h3-5,10,13H,6-7,12H2,1-2H3;1H;1H2/p-1. The fraction of sp³-hybridized carbons (Fsp3) is 0.455. The molecule has 94 valence electrons. The van der Waals surface area contributed by atoms with Crippen molar-refractivity contribution in [2.24, 2.45) is 5.73 Å². The van der Waals surface area contributed by atoms with Gasteiger partial charge in [-0.25, -0.2) is 0 Å². The number of nitrogens with two attached hydrogens (primary N) is 1. The van der Waals surface area contributed by atoms with Gasteiger partial charge in [0.05, 0.1) is 0 Å². The summed E-state index contributed by atoms with van der Waals surface area (Å²) in [4.78, 5) is 0. The van der Waals surface area contributed by atoms with Gasteiger partial charge in [0.1, 0.15) is 18.5 Å². The Morgan fingerprint density at radius 3 is 2.25 bits per heavy atom. The molecule has 0 saturated heterocycles. The Bertz CT molecular complexity index is 287. The molecule has 0 radical (unpaired) electrons. The van der Waals surface area contributed by atoms with E-state index in [4.69, 9.17) is 10.5 Å². The molecule has 0 fully saturated rings. The van der Waals surface area contributed by atoms with Gasteiger partial charge in [0.15, 0.2) is 0 Å². The summed E-state index contributed by atoms with van der Waals surface area (Å²) < 4.78 is 5.49. The van der Waals surface area contributed by atoms with E-state index in [-0.39, 0.29) is 31.0 Å². The van der Waals surface area contributed by atoms with Crippen LogP contribution in [0.4, 0.5) is 0 Å². The summed E-state index contributed by atoms with van der Waals surface area (Å²) >= 11 is 0. The Hall–Kier alpha value is -0.810. The summed E-state index contributed by atoms with van der Waals surface area (Å²) in [5.74, 6) is 0.847. The lowest BCUT2D eigenvalue weighted by molar-refractivity contribution is -0.00000604. The van der Waals surface area contributed by atoms with Crippen molar-refractivity contribution in [1.29, 1.82) is 0 Å². The van der Waals surface area contributed by atoms with Crippen LogP contribution in [0.5, 0.6) is 5.75 Å². The number of aliphatic hydroxyl groups is 1. The quantitative estimate of drug-likeness (QED) is 0.603. The van der Waals surface area contributed by atoms with Gasteiger partial charge in [-0.15, -0.1) is 0 Å². The summed E-state index contributed by atoms with van der Waals surface area (Å²) in [6.45, 7) is 4.45. The molecule has 0 aromatic heterocycles. The monoisotopic (exact) mass is 248 g/mol. The fourth-order valence-electron chi connectivity index (χ4n) is 1.27. The van der Waals surface area contributed by atoms with Crippen molar-refractivity contribution in [2.75, 3.05) is 13.2 Å². The van der Waals surface area contributed by atoms with E-state index in [9.17, 15) is 5.11 Å². The predicted molar refractivity (Wildman–Crippen MR) is 60.1 cm³/mol. The number of halogens is 1. The first-order valence-electron chi connectivity index (χ1n) is 4.72. The van der Waals surface area contributed by atoms with E-state index in [1.807, 2.05) is 32.0 Å². The number of ether oxygens (including phenoxy) is 1. The van der Waals surface area contributed by atoms with Gasteiger partial charge in [-0.05, 0) is 25.0 Å². The molecule has 1 aromatic carbocycles. The molecule has 16 heavy (non-hydrogen) atoms. The molecule has 5 heteroatoms. The average molecular weight is 249 g/mol. The fourth-order valence-corrected chi connectivity index (χ4v) is 1.27. The van der Waals surface area contributed by atoms with Gasteiger partial charge in [0, 0.05) is 6.54 Å². The van der Waals surface area contributed by atoms with Crippen LogP contribution < -0.4 is 22.9 Å². The molecular weight excluding hydrogens is 230 g/mol. The average Bonchev–Trinajstić information content (AvgIpc) is 2.16. The first-order chi connectivity index (χ1) is 6.65.